The fourth-order valence-electron chi connectivity index (χ4n) is 3.37. The molecular weight excluding hydrogens is 454 g/mol. The Hall–Kier alpha value is -3.82. The lowest BCUT2D eigenvalue weighted by molar-refractivity contribution is -0.288. The summed E-state index contributed by atoms with van der Waals surface area (Å²) in [6.45, 7) is 0. The molecule has 0 unspecified atom stereocenters. The van der Waals surface area contributed by atoms with Crippen LogP contribution in [0.25, 0.3) is 0 Å². The maximum absolute atomic E-state index is 14.1. The van der Waals surface area contributed by atoms with Crippen molar-refractivity contribution in [1.82, 2.24) is 0 Å². The van der Waals surface area contributed by atoms with E-state index >= 15 is 0 Å². The minimum atomic E-state index is -5.80. The second-order valence-corrected chi connectivity index (χ2v) is 6.95. The van der Waals surface area contributed by atoms with Gasteiger partial charge in [0.05, 0.1) is 5.56 Å². The average molecular weight is 468 g/mol. The zero-order valence-corrected chi connectivity index (χ0v) is 16.4. The first-order chi connectivity index (χ1) is 15.4. The third-order valence-corrected chi connectivity index (χ3v) is 4.91. The predicted octanol–water partition coefficient (Wildman–Crippen LogP) is 5.83. The third kappa shape index (κ3) is 4.41. The molecule has 0 amide bonds. The van der Waals surface area contributed by atoms with Gasteiger partial charge in [-0.25, -0.2) is 4.79 Å². The Labute approximate surface area is 183 Å². The van der Waals surface area contributed by atoms with E-state index in [1.165, 1.54) is 24.3 Å². The molecule has 0 radical (unpaired) electrons. The van der Waals surface area contributed by atoms with Gasteiger partial charge in [-0.1, -0.05) is 36.4 Å². The highest BCUT2D eigenvalue weighted by molar-refractivity contribution is 5.93. The smallest absolute Gasteiger partial charge is 0.411 e. The first-order valence-electron chi connectivity index (χ1n) is 9.21. The highest BCUT2D eigenvalue weighted by Crippen LogP contribution is 2.56. The maximum atomic E-state index is 14.1. The number of carbonyl (C=O) groups excluding carboxylic acids is 2. The van der Waals surface area contributed by atoms with Gasteiger partial charge in [-0.3, -0.25) is 4.79 Å². The molecule has 33 heavy (non-hydrogen) atoms. The molecule has 0 saturated carbocycles. The monoisotopic (exact) mass is 468 g/mol. The van der Waals surface area contributed by atoms with Gasteiger partial charge in [0.2, 0.25) is 5.41 Å². The molecule has 3 rings (SSSR count). The molecule has 3 aromatic carbocycles. The van der Waals surface area contributed by atoms with Crippen LogP contribution in [0.15, 0.2) is 72.8 Å². The Kier molecular flexibility index (Phi) is 6.22. The highest BCUT2D eigenvalue weighted by atomic mass is 19.4. The lowest BCUT2D eigenvalue weighted by Gasteiger charge is -2.38. The van der Waals surface area contributed by atoms with Gasteiger partial charge in [0.15, 0.2) is 0 Å². The number of phenols is 1. The van der Waals surface area contributed by atoms with Crippen molar-refractivity contribution in [2.24, 2.45) is 0 Å². The van der Waals surface area contributed by atoms with Crippen LogP contribution in [-0.4, -0.2) is 29.7 Å². The Morgan fingerprint density at radius 2 is 1.30 bits per heavy atom. The van der Waals surface area contributed by atoms with Gasteiger partial charge < -0.3 is 9.84 Å². The lowest BCUT2D eigenvalue weighted by Crippen LogP contribution is -2.54. The van der Waals surface area contributed by atoms with Crippen LogP contribution < -0.4 is 4.74 Å². The van der Waals surface area contributed by atoms with Crippen LogP contribution in [0.3, 0.4) is 0 Å². The molecule has 4 nitrogen and oxygen atoms in total. The fourth-order valence-corrected chi connectivity index (χ4v) is 3.37. The summed E-state index contributed by atoms with van der Waals surface area (Å²) in [7, 11) is 0. The van der Waals surface area contributed by atoms with Crippen LogP contribution >= 0.6 is 0 Å². The van der Waals surface area contributed by atoms with Crippen molar-refractivity contribution in [3.05, 3.63) is 95.1 Å². The van der Waals surface area contributed by atoms with E-state index in [1.807, 2.05) is 0 Å². The lowest BCUT2D eigenvalue weighted by atomic mass is 9.73. The minimum absolute atomic E-state index is 0.0345. The maximum Gasteiger partial charge on any atom is 0.411 e. The molecule has 1 N–H and O–H groups in total. The van der Waals surface area contributed by atoms with Gasteiger partial charge in [-0.2, -0.15) is 26.3 Å². The van der Waals surface area contributed by atoms with Crippen molar-refractivity contribution in [3.8, 4) is 11.5 Å². The number of halogens is 6. The van der Waals surface area contributed by atoms with Crippen LogP contribution in [0.5, 0.6) is 11.5 Å². The molecular formula is C23H14F6O4. The molecule has 0 aliphatic rings. The first kappa shape index (κ1) is 23.8. The summed E-state index contributed by atoms with van der Waals surface area (Å²) in [6, 6.07) is 10.7. The number of hydrogen-bond donors (Lipinski definition) is 1. The first-order valence-corrected chi connectivity index (χ1v) is 9.21. The van der Waals surface area contributed by atoms with E-state index in [0.29, 0.717) is 30.6 Å². The fraction of sp³-hybridized carbons (Fsp3) is 0.130. The number of hydrogen-bond acceptors (Lipinski definition) is 4. The molecule has 3 aromatic rings. The Bertz CT molecular complexity index is 1140. The summed E-state index contributed by atoms with van der Waals surface area (Å²) in [5, 5.41) is 9.32. The summed E-state index contributed by atoms with van der Waals surface area (Å²) in [6.07, 6.45) is -11.1. The van der Waals surface area contributed by atoms with Crippen LogP contribution in [0, 0.1) is 0 Å². The number of carbonyl (C=O) groups is 2. The zero-order chi connectivity index (χ0) is 24.4. The zero-order valence-electron chi connectivity index (χ0n) is 16.4. The van der Waals surface area contributed by atoms with E-state index < -0.39 is 40.6 Å². The molecule has 0 aromatic heterocycles. The van der Waals surface area contributed by atoms with Gasteiger partial charge >= 0.3 is 18.3 Å². The summed E-state index contributed by atoms with van der Waals surface area (Å²) in [4.78, 5) is 23.0. The number of aromatic hydroxyl groups is 1. The number of phenolic OH excluding ortho intramolecular Hbond substituents is 1. The van der Waals surface area contributed by atoms with E-state index in [2.05, 4.69) is 0 Å². The molecule has 0 aliphatic carbocycles. The standard InChI is InChI=1S/C23H14F6O4/c24-22(25,26)21(23(27,28)29,16-4-8-18(31)9-5-16)17-6-10-19(11-7-17)33-20(32)15-3-1-2-14(12-15)13-30/h1-13,31H. The molecule has 0 bridgehead atoms. The Balaban J connectivity index is 2.03. The van der Waals surface area contributed by atoms with Crippen LogP contribution in [0.2, 0.25) is 0 Å². The largest absolute Gasteiger partial charge is 0.508 e. The van der Waals surface area contributed by atoms with Crippen molar-refractivity contribution in [3.63, 3.8) is 0 Å². The summed E-state index contributed by atoms with van der Waals surface area (Å²) < 4.78 is 89.3. The molecule has 0 spiro atoms. The van der Waals surface area contributed by atoms with Gasteiger partial charge in [0.1, 0.15) is 17.8 Å². The van der Waals surface area contributed by atoms with Gasteiger partial charge in [-0.15, -0.1) is 0 Å². The molecule has 0 atom stereocenters. The SMILES string of the molecule is O=Cc1cccc(C(=O)Oc2ccc(C(c3ccc(O)cc3)(C(F)(F)F)C(F)(F)F)cc2)c1. The number of ether oxygens (including phenoxy) is 1. The predicted molar refractivity (Wildman–Crippen MR) is 104 cm³/mol. The number of aldehydes is 1. The molecule has 0 saturated heterocycles. The highest BCUT2D eigenvalue weighted by Gasteiger charge is 2.72. The summed E-state index contributed by atoms with van der Waals surface area (Å²) in [5.74, 6) is -1.76. The molecule has 10 heteroatoms. The number of esters is 1. The molecule has 0 aliphatic heterocycles. The second kappa shape index (κ2) is 8.61. The van der Waals surface area contributed by atoms with Gasteiger partial charge in [0, 0.05) is 5.56 Å². The van der Waals surface area contributed by atoms with Crippen LogP contribution in [-0.2, 0) is 5.41 Å². The quantitative estimate of drug-likeness (QED) is 0.221. The number of rotatable bonds is 5. The van der Waals surface area contributed by atoms with Crippen molar-refractivity contribution in [2.45, 2.75) is 17.8 Å². The van der Waals surface area contributed by atoms with Gasteiger partial charge in [0.25, 0.3) is 0 Å². The Morgan fingerprint density at radius 3 is 1.79 bits per heavy atom. The van der Waals surface area contributed by atoms with Crippen molar-refractivity contribution in [1.29, 1.82) is 0 Å². The van der Waals surface area contributed by atoms with Crippen LogP contribution in [0.4, 0.5) is 26.3 Å². The van der Waals surface area contributed by atoms with Crippen molar-refractivity contribution >= 4 is 12.3 Å². The number of alkyl halides is 6. The molecule has 172 valence electrons. The van der Waals surface area contributed by atoms with Crippen molar-refractivity contribution < 1.29 is 45.8 Å². The molecule has 0 fully saturated rings. The van der Waals surface area contributed by atoms with E-state index in [4.69, 9.17) is 4.74 Å². The number of benzene rings is 3. The summed E-state index contributed by atoms with van der Waals surface area (Å²) in [5.41, 5.74) is -6.55. The van der Waals surface area contributed by atoms with Gasteiger partial charge in [-0.05, 0) is 47.5 Å². The van der Waals surface area contributed by atoms with E-state index in [1.54, 1.807) is 0 Å². The Morgan fingerprint density at radius 1 is 0.788 bits per heavy atom. The van der Waals surface area contributed by atoms with E-state index in [-0.39, 0.29) is 16.9 Å². The third-order valence-electron chi connectivity index (χ3n) is 4.91. The van der Waals surface area contributed by atoms with Crippen LogP contribution in [0.1, 0.15) is 31.8 Å². The normalized spacial score (nSPS) is 12.3. The minimum Gasteiger partial charge on any atom is -0.508 e. The topological polar surface area (TPSA) is 63.6 Å². The van der Waals surface area contributed by atoms with Crippen molar-refractivity contribution in [2.75, 3.05) is 0 Å². The summed E-state index contributed by atoms with van der Waals surface area (Å²) >= 11 is 0. The second-order valence-electron chi connectivity index (χ2n) is 6.95. The average Bonchev–Trinajstić information content (AvgIpc) is 2.74. The van der Waals surface area contributed by atoms with E-state index in [0.717, 1.165) is 24.3 Å². The molecule has 0 heterocycles. The van der Waals surface area contributed by atoms with E-state index in [9.17, 15) is 41.0 Å².